The van der Waals surface area contributed by atoms with Gasteiger partial charge in [-0.25, -0.2) is 0 Å². The lowest BCUT2D eigenvalue weighted by molar-refractivity contribution is 0.643. The van der Waals surface area contributed by atoms with Crippen molar-refractivity contribution in [3.8, 4) is 0 Å². The summed E-state index contributed by atoms with van der Waals surface area (Å²) in [6, 6.07) is 6.41. The molecule has 4 heteroatoms. The minimum atomic E-state index is 0.216. The van der Waals surface area contributed by atoms with Gasteiger partial charge in [-0.05, 0) is 24.5 Å². The molecule has 0 radical (unpaired) electrons. The maximum atomic E-state index is 6.45. The molecule has 2 unspecified atom stereocenters. The molecule has 1 saturated heterocycles. The highest BCUT2D eigenvalue weighted by Gasteiger charge is 2.21. The van der Waals surface area contributed by atoms with Crippen LogP contribution in [0.5, 0.6) is 0 Å². The van der Waals surface area contributed by atoms with Crippen LogP contribution in [-0.4, -0.2) is 30.1 Å². The molecule has 1 aromatic rings. The Balaban J connectivity index is 2.26. The molecule has 2 N–H and O–H groups in total. The summed E-state index contributed by atoms with van der Waals surface area (Å²) in [7, 11) is 0. The lowest BCUT2D eigenvalue weighted by atomic mass is 10.0. The molecule has 2 atom stereocenters. The Morgan fingerprint density at radius 1 is 1.53 bits per heavy atom. The van der Waals surface area contributed by atoms with Crippen LogP contribution in [0.3, 0.4) is 0 Å². The molecular formula is C15H23ClN2S. The molecule has 2 nitrogen and oxygen atoms in total. The summed E-state index contributed by atoms with van der Waals surface area (Å²) >= 11 is 8.48. The quantitative estimate of drug-likeness (QED) is 0.921. The molecule has 1 aromatic carbocycles. The van der Waals surface area contributed by atoms with Gasteiger partial charge in [0.2, 0.25) is 0 Å². The molecule has 1 heterocycles. The van der Waals surface area contributed by atoms with E-state index in [9.17, 15) is 0 Å². The van der Waals surface area contributed by atoms with E-state index in [0.717, 1.165) is 31.0 Å². The molecular weight excluding hydrogens is 276 g/mol. The second-order valence-electron chi connectivity index (χ2n) is 5.25. The first-order valence-corrected chi connectivity index (χ1v) is 8.44. The molecule has 0 spiro atoms. The predicted molar refractivity (Wildman–Crippen MR) is 87.6 cm³/mol. The maximum absolute atomic E-state index is 6.45. The highest BCUT2D eigenvalue weighted by Crippen LogP contribution is 2.33. The van der Waals surface area contributed by atoms with Crippen LogP contribution in [-0.2, 0) is 6.42 Å². The molecule has 1 aliphatic heterocycles. The first-order chi connectivity index (χ1) is 9.11. The van der Waals surface area contributed by atoms with E-state index < -0.39 is 0 Å². The number of hydrogen-bond acceptors (Lipinski definition) is 3. The fourth-order valence-corrected chi connectivity index (χ4v) is 3.85. The third-order valence-corrected chi connectivity index (χ3v) is 5.08. The van der Waals surface area contributed by atoms with E-state index >= 15 is 0 Å². The fraction of sp³-hybridized carbons (Fsp3) is 0.600. The van der Waals surface area contributed by atoms with Crippen LogP contribution in [0, 0.1) is 0 Å². The highest BCUT2D eigenvalue weighted by molar-refractivity contribution is 8.00. The van der Waals surface area contributed by atoms with E-state index in [0.29, 0.717) is 5.25 Å². The van der Waals surface area contributed by atoms with E-state index in [1.54, 1.807) is 0 Å². The van der Waals surface area contributed by atoms with Crippen LogP contribution in [0.15, 0.2) is 18.2 Å². The monoisotopic (exact) mass is 298 g/mol. The first kappa shape index (κ1) is 15.0. The Morgan fingerprint density at radius 2 is 2.32 bits per heavy atom. The number of benzene rings is 1. The van der Waals surface area contributed by atoms with Gasteiger partial charge in [-0.15, -0.1) is 0 Å². The van der Waals surface area contributed by atoms with Gasteiger partial charge in [0, 0.05) is 30.1 Å². The Morgan fingerprint density at radius 3 is 3.00 bits per heavy atom. The molecule has 106 valence electrons. The topological polar surface area (TPSA) is 29.3 Å². The molecule has 1 aliphatic rings. The summed E-state index contributed by atoms with van der Waals surface area (Å²) in [5.41, 5.74) is 8.62. The lowest BCUT2D eigenvalue weighted by Crippen LogP contribution is -2.37. The lowest BCUT2D eigenvalue weighted by Gasteiger charge is -2.34. The third kappa shape index (κ3) is 3.80. The average Bonchev–Trinajstić information content (AvgIpc) is 2.38. The molecule has 0 bridgehead atoms. The minimum absolute atomic E-state index is 0.216. The zero-order chi connectivity index (χ0) is 13.8. The van der Waals surface area contributed by atoms with Crippen molar-refractivity contribution in [1.82, 2.24) is 0 Å². The van der Waals surface area contributed by atoms with Gasteiger partial charge >= 0.3 is 0 Å². The summed E-state index contributed by atoms with van der Waals surface area (Å²) in [5, 5.41) is 1.53. The summed E-state index contributed by atoms with van der Waals surface area (Å²) in [6.45, 7) is 6.56. The van der Waals surface area contributed by atoms with Crippen molar-refractivity contribution < 1.29 is 0 Å². The third-order valence-electron chi connectivity index (χ3n) is 3.63. The predicted octanol–water partition coefficient (Wildman–Crippen LogP) is 3.56. The normalized spacial score (nSPS) is 21.5. The highest BCUT2D eigenvalue weighted by atomic mass is 35.5. The summed E-state index contributed by atoms with van der Waals surface area (Å²) in [4.78, 5) is 2.43. The van der Waals surface area contributed by atoms with Gasteiger partial charge in [0.05, 0.1) is 10.7 Å². The van der Waals surface area contributed by atoms with Crippen LogP contribution in [0.2, 0.25) is 5.02 Å². The minimum Gasteiger partial charge on any atom is -0.368 e. The van der Waals surface area contributed by atoms with Gasteiger partial charge < -0.3 is 10.6 Å². The van der Waals surface area contributed by atoms with Crippen LogP contribution >= 0.6 is 23.4 Å². The largest absolute Gasteiger partial charge is 0.368 e. The SMILES string of the molecule is CCC(N)Cc1cccc(Cl)c1N1CCSC(C)C1. The van der Waals surface area contributed by atoms with Crippen molar-refractivity contribution in [3.05, 3.63) is 28.8 Å². The van der Waals surface area contributed by atoms with Crippen LogP contribution < -0.4 is 10.6 Å². The second-order valence-corrected chi connectivity index (χ2v) is 7.20. The van der Waals surface area contributed by atoms with Crippen molar-refractivity contribution in [1.29, 1.82) is 0 Å². The van der Waals surface area contributed by atoms with Crippen LogP contribution in [0.25, 0.3) is 0 Å². The number of thioether (sulfide) groups is 1. The number of para-hydroxylation sites is 1. The van der Waals surface area contributed by atoms with Gasteiger partial charge in [-0.3, -0.25) is 0 Å². The molecule has 19 heavy (non-hydrogen) atoms. The van der Waals surface area contributed by atoms with Crippen molar-refractivity contribution in [2.45, 2.75) is 38.0 Å². The summed E-state index contributed by atoms with van der Waals surface area (Å²) < 4.78 is 0. The van der Waals surface area contributed by atoms with E-state index in [-0.39, 0.29) is 6.04 Å². The molecule has 0 saturated carbocycles. The number of halogens is 1. The summed E-state index contributed by atoms with van der Waals surface area (Å²) in [5.74, 6) is 1.17. The maximum Gasteiger partial charge on any atom is 0.0642 e. The van der Waals surface area contributed by atoms with Gasteiger partial charge in [0.1, 0.15) is 0 Å². The molecule has 0 aliphatic carbocycles. The summed E-state index contributed by atoms with van der Waals surface area (Å²) in [6.07, 6.45) is 1.91. The van der Waals surface area contributed by atoms with E-state index in [1.165, 1.54) is 17.0 Å². The van der Waals surface area contributed by atoms with E-state index in [4.69, 9.17) is 17.3 Å². The van der Waals surface area contributed by atoms with Gasteiger partial charge in [0.25, 0.3) is 0 Å². The molecule has 1 fully saturated rings. The van der Waals surface area contributed by atoms with Crippen molar-refractivity contribution in [2.75, 3.05) is 23.7 Å². The van der Waals surface area contributed by atoms with E-state index in [1.807, 2.05) is 23.9 Å². The fourth-order valence-electron chi connectivity index (χ4n) is 2.53. The zero-order valence-corrected chi connectivity index (χ0v) is 13.3. The van der Waals surface area contributed by atoms with Crippen molar-refractivity contribution in [2.24, 2.45) is 5.73 Å². The molecule has 0 aromatic heterocycles. The number of nitrogens with zero attached hydrogens (tertiary/aromatic N) is 1. The Hall–Kier alpha value is -0.380. The Kier molecular flexibility index (Phi) is 5.43. The van der Waals surface area contributed by atoms with Crippen molar-refractivity contribution >= 4 is 29.1 Å². The first-order valence-electron chi connectivity index (χ1n) is 7.01. The Labute approximate surface area is 125 Å². The van der Waals surface area contributed by atoms with Crippen LogP contribution in [0.4, 0.5) is 5.69 Å². The van der Waals surface area contributed by atoms with Crippen molar-refractivity contribution in [3.63, 3.8) is 0 Å². The Bertz CT molecular complexity index is 425. The number of hydrogen-bond donors (Lipinski definition) is 1. The van der Waals surface area contributed by atoms with Gasteiger partial charge in [0.15, 0.2) is 0 Å². The molecule has 0 amide bonds. The van der Waals surface area contributed by atoms with Gasteiger partial charge in [-0.1, -0.05) is 37.6 Å². The smallest absolute Gasteiger partial charge is 0.0642 e. The number of rotatable bonds is 4. The second kappa shape index (κ2) is 6.87. The number of anilines is 1. The molecule has 2 rings (SSSR count). The number of nitrogens with two attached hydrogens (primary N) is 1. The van der Waals surface area contributed by atoms with Gasteiger partial charge in [-0.2, -0.15) is 11.8 Å². The standard InChI is InChI=1S/C15H23ClN2S/c1-3-13(17)9-12-5-4-6-14(16)15(12)18-7-8-19-11(2)10-18/h4-6,11,13H,3,7-10,17H2,1-2H3. The van der Waals surface area contributed by atoms with E-state index in [2.05, 4.69) is 24.8 Å². The van der Waals surface area contributed by atoms with Crippen LogP contribution in [0.1, 0.15) is 25.8 Å². The zero-order valence-electron chi connectivity index (χ0n) is 11.7. The average molecular weight is 299 g/mol.